The van der Waals surface area contributed by atoms with Gasteiger partial charge in [-0.15, -0.1) is 0 Å². The van der Waals surface area contributed by atoms with Gasteiger partial charge < -0.3 is 9.26 Å². The van der Waals surface area contributed by atoms with E-state index in [0.29, 0.717) is 17.3 Å². The number of carbonyl (C=O) groups is 2. The molecule has 2 aromatic rings. The summed E-state index contributed by atoms with van der Waals surface area (Å²) in [4.78, 5) is 32.1. The van der Waals surface area contributed by atoms with Crippen LogP contribution in [0.15, 0.2) is 22.9 Å². The van der Waals surface area contributed by atoms with Crippen molar-refractivity contribution in [1.29, 1.82) is 0 Å². The third-order valence-corrected chi connectivity index (χ3v) is 5.74. The number of ether oxygens (including phenoxy) is 1. The third kappa shape index (κ3) is 6.58. The summed E-state index contributed by atoms with van der Waals surface area (Å²) in [5.41, 5.74) is 2.48. The molecule has 0 radical (unpaired) electrons. The van der Waals surface area contributed by atoms with E-state index in [1.165, 1.54) is 38.3 Å². The number of amides is 1. The Hall–Kier alpha value is -2.81. The lowest BCUT2D eigenvalue weighted by Crippen LogP contribution is -2.21. The number of aromatic nitrogens is 3. The number of hydroxylamine groups is 1. The second-order valence-electron chi connectivity index (χ2n) is 7.98. The standard InChI is InChI=1S/C22H30N4O5/c1-2-30-22(28)18-12-11-17(14-23-18)20-24-21(31-26-20)16(13-19(27)25-29)10-6-9-15-7-4-3-5-8-15/h11-12,14-16,29H,2-10,13H2,1H3,(H,25,27)/t16-/m1/s1. The molecule has 2 aromatic heterocycles. The van der Waals surface area contributed by atoms with E-state index in [-0.39, 0.29) is 24.6 Å². The molecule has 0 saturated heterocycles. The van der Waals surface area contributed by atoms with E-state index >= 15 is 0 Å². The molecule has 2 N–H and O–H groups in total. The first-order valence-electron chi connectivity index (χ1n) is 11.0. The third-order valence-electron chi connectivity index (χ3n) is 5.74. The minimum atomic E-state index is -0.490. The summed E-state index contributed by atoms with van der Waals surface area (Å²) < 4.78 is 10.4. The zero-order valence-electron chi connectivity index (χ0n) is 17.9. The van der Waals surface area contributed by atoms with Gasteiger partial charge in [0.25, 0.3) is 0 Å². The Balaban J connectivity index is 1.65. The Morgan fingerprint density at radius 1 is 1.29 bits per heavy atom. The van der Waals surface area contributed by atoms with Crippen LogP contribution >= 0.6 is 0 Å². The van der Waals surface area contributed by atoms with E-state index in [9.17, 15) is 9.59 Å². The summed E-state index contributed by atoms with van der Waals surface area (Å²) in [6, 6.07) is 3.22. The molecule has 0 spiro atoms. The molecule has 0 aliphatic heterocycles. The summed E-state index contributed by atoms with van der Waals surface area (Å²) in [6.07, 6.45) is 10.9. The van der Waals surface area contributed by atoms with Crippen molar-refractivity contribution in [2.24, 2.45) is 5.92 Å². The molecule has 0 aromatic carbocycles. The monoisotopic (exact) mass is 430 g/mol. The molecule has 3 rings (SSSR count). The molecule has 1 amide bonds. The lowest BCUT2D eigenvalue weighted by molar-refractivity contribution is -0.129. The molecule has 2 heterocycles. The number of hydrogen-bond donors (Lipinski definition) is 2. The normalized spacial score (nSPS) is 15.4. The van der Waals surface area contributed by atoms with Crippen LogP contribution in [0.4, 0.5) is 0 Å². The topological polar surface area (TPSA) is 127 Å². The Morgan fingerprint density at radius 2 is 2.10 bits per heavy atom. The Kier molecular flexibility index (Phi) is 8.52. The van der Waals surface area contributed by atoms with Crippen LogP contribution in [0, 0.1) is 5.92 Å². The highest BCUT2D eigenvalue weighted by atomic mass is 16.5. The Morgan fingerprint density at radius 3 is 2.77 bits per heavy atom. The number of nitrogens with zero attached hydrogens (tertiary/aromatic N) is 3. The lowest BCUT2D eigenvalue weighted by atomic mass is 9.84. The number of esters is 1. The number of nitrogens with one attached hydrogen (secondary N) is 1. The van der Waals surface area contributed by atoms with Gasteiger partial charge in [0.05, 0.1) is 6.61 Å². The lowest BCUT2D eigenvalue weighted by Gasteiger charge is -2.22. The zero-order valence-corrected chi connectivity index (χ0v) is 17.9. The van der Waals surface area contributed by atoms with Crippen molar-refractivity contribution < 1.29 is 24.1 Å². The Bertz CT molecular complexity index is 846. The van der Waals surface area contributed by atoms with Gasteiger partial charge in [-0.1, -0.05) is 50.1 Å². The molecule has 1 saturated carbocycles. The molecule has 0 unspecified atom stereocenters. The SMILES string of the molecule is CCOC(=O)c1ccc(-c2noc([C@H](CCCC3CCCCC3)CC(=O)NO)n2)cn1. The van der Waals surface area contributed by atoms with Gasteiger partial charge in [0.2, 0.25) is 17.6 Å². The van der Waals surface area contributed by atoms with Gasteiger partial charge in [-0.25, -0.2) is 15.3 Å². The van der Waals surface area contributed by atoms with Crippen LogP contribution in [0.1, 0.15) is 87.0 Å². The molecule has 168 valence electrons. The Labute approximate surface area is 181 Å². The second-order valence-corrected chi connectivity index (χ2v) is 7.98. The average Bonchev–Trinajstić information content (AvgIpc) is 3.29. The highest BCUT2D eigenvalue weighted by Gasteiger charge is 2.24. The predicted octanol–water partition coefficient (Wildman–Crippen LogP) is 4.04. The molecule has 1 aliphatic rings. The van der Waals surface area contributed by atoms with Gasteiger partial charge in [0.15, 0.2) is 0 Å². The van der Waals surface area contributed by atoms with Crippen molar-refractivity contribution in [2.75, 3.05) is 6.61 Å². The van der Waals surface area contributed by atoms with E-state index in [2.05, 4.69) is 15.1 Å². The zero-order chi connectivity index (χ0) is 22.1. The van der Waals surface area contributed by atoms with Crippen LogP contribution in [-0.4, -0.2) is 38.8 Å². The molecule has 31 heavy (non-hydrogen) atoms. The maximum Gasteiger partial charge on any atom is 0.356 e. The van der Waals surface area contributed by atoms with E-state index in [4.69, 9.17) is 14.5 Å². The molecule has 1 atom stereocenters. The molecule has 1 aliphatic carbocycles. The van der Waals surface area contributed by atoms with Gasteiger partial charge in [-0.05, 0) is 31.4 Å². The van der Waals surface area contributed by atoms with Crippen LogP contribution in [-0.2, 0) is 9.53 Å². The van der Waals surface area contributed by atoms with Crippen LogP contribution < -0.4 is 5.48 Å². The molecule has 9 heteroatoms. The van der Waals surface area contributed by atoms with Gasteiger partial charge in [-0.2, -0.15) is 4.98 Å². The van der Waals surface area contributed by atoms with Crippen molar-refractivity contribution in [2.45, 2.75) is 70.6 Å². The maximum atomic E-state index is 11.8. The summed E-state index contributed by atoms with van der Waals surface area (Å²) >= 11 is 0. The highest BCUT2D eigenvalue weighted by Crippen LogP contribution is 2.31. The van der Waals surface area contributed by atoms with Crippen LogP contribution in [0.5, 0.6) is 0 Å². The summed E-state index contributed by atoms with van der Waals surface area (Å²) in [7, 11) is 0. The minimum Gasteiger partial charge on any atom is -0.461 e. The van der Waals surface area contributed by atoms with Crippen molar-refractivity contribution in [3.63, 3.8) is 0 Å². The number of carbonyl (C=O) groups excluding carboxylic acids is 2. The molecular weight excluding hydrogens is 400 g/mol. The molecular formula is C22H30N4O5. The molecule has 9 nitrogen and oxygen atoms in total. The smallest absolute Gasteiger partial charge is 0.356 e. The average molecular weight is 431 g/mol. The quantitative estimate of drug-likeness (QED) is 0.328. The fourth-order valence-corrected chi connectivity index (χ4v) is 4.08. The minimum absolute atomic E-state index is 0.0723. The number of pyridine rings is 1. The fourth-order valence-electron chi connectivity index (χ4n) is 4.08. The van der Waals surface area contributed by atoms with Crippen molar-refractivity contribution in [3.05, 3.63) is 29.9 Å². The predicted molar refractivity (Wildman–Crippen MR) is 111 cm³/mol. The van der Waals surface area contributed by atoms with Gasteiger partial charge >= 0.3 is 5.97 Å². The van der Waals surface area contributed by atoms with Crippen LogP contribution in [0.25, 0.3) is 11.4 Å². The van der Waals surface area contributed by atoms with Crippen LogP contribution in [0.2, 0.25) is 0 Å². The summed E-state index contributed by atoms with van der Waals surface area (Å²) in [5.74, 6) is 0.196. The molecule has 1 fully saturated rings. The van der Waals surface area contributed by atoms with E-state index in [0.717, 1.165) is 25.2 Å². The van der Waals surface area contributed by atoms with Gasteiger partial charge in [0, 0.05) is 24.1 Å². The van der Waals surface area contributed by atoms with E-state index < -0.39 is 11.9 Å². The first-order valence-corrected chi connectivity index (χ1v) is 11.0. The van der Waals surface area contributed by atoms with E-state index in [1.807, 2.05) is 0 Å². The van der Waals surface area contributed by atoms with Crippen molar-refractivity contribution in [1.82, 2.24) is 20.6 Å². The fraction of sp³-hybridized carbons (Fsp3) is 0.591. The van der Waals surface area contributed by atoms with Crippen molar-refractivity contribution in [3.8, 4) is 11.4 Å². The van der Waals surface area contributed by atoms with Gasteiger partial charge in [0.1, 0.15) is 5.69 Å². The summed E-state index contributed by atoms with van der Waals surface area (Å²) in [6.45, 7) is 2.01. The largest absolute Gasteiger partial charge is 0.461 e. The number of rotatable bonds is 10. The summed E-state index contributed by atoms with van der Waals surface area (Å²) in [5, 5.41) is 13.0. The van der Waals surface area contributed by atoms with Crippen molar-refractivity contribution >= 4 is 11.9 Å². The van der Waals surface area contributed by atoms with Gasteiger partial charge in [-0.3, -0.25) is 10.0 Å². The highest BCUT2D eigenvalue weighted by molar-refractivity contribution is 5.87. The second kappa shape index (κ2) is 11.5. The van der Waals surface area contributed by atoms with E-state index in [1.54, 1.807) is 24.5 Å². The van der Waals surface area contributed by atoms with Crippen LogP contribution in [0.3, 0.4) is 0 Å². The molecule has 0 bridgehead atoms. The maximum absolute atomic E-state index is 11.8. The first kappa shape index (κ1) is 22.9. The number of hydrogen-bond acceptors (Lipinski definition) is 8. The first-order chi connectivity index (χ1) is 15.1.